The van der Waals surface area contributed by atoms with E-state index in [-0.39, 0.29) is 17.9 Å². The SMILES string of the molecule is COc1ccc(C(C)NC(=O)[C@@H](N)C(C)C)cc1Br. The summed E-state index contributed by atoms with van der Waals surface area (Å²) in [7, 11) is 1.62. The van der Waals surface area contributed by atoms with E-state index >= 15 is 0 Å². The zero-order valence-electron chi connectivity index (χ0n) is 11.7. The zero-order valence-corrected chi connectivity index (χ0v) is 13.3. The van der Waals surface area contributed by atoms with Crippen LogP contribution in [0.5, 0.6) is 5.75 Å². The predicted molar refractivity (Wildman–Crippen MR) is 80.1 cm³/mol. The number of nitrogens with one attached hydrogen (secondary N) is 1. The summed E-state index contributed by atoms with van der Waals surface area (Å²) in [4.78, 5) is 11.9. The molecule has 0 saturated carbocycles. The molecular formula is C14H21BrN2O2. The first-order valence-electron chi connectivity index (χ1n) is 6.26. The molecule has 0 saturated heterocycles. The number of ether oxygens (including phenoxy) is 1. The fourth-order valence-corrected chi connectivity index (χ4v) is 2.21. The van der Waals surface area contributed by atoms with Gasteiger partial charge < -0.3 is 15.8 Å². The largest absolute Gasteiger partial charge is 0.496 e. The van der Waals surface area contributed by atoms with E-state index in [9.17, 15) is 4.79 Å². The van der Waals surface area contributed by atoms with Crippen LogP contribution >= 0.6 is 15.9 Å². The highest BCUT2D eigenvalue weighted by Crippen LogP contribution is 2.27. The number of hydrogen-bond donors (Lipinski definition) is 2. The molecule has 3 N–H and O–H groups in total. The minimum atomic E-state index is -0.482. The van der Waals surface area contributed by atoms with Gasteiger partial charge in [-0.3, -0.25) is 4.79 Å². The van der Waals surface area contributed by atoms with Crippen LogP contribution in [0.3, 0.4) is 0 Å². The van der Waals surface area contributed by atoms with Crippen molar-refractivity contribution < 1.29 is 9.53 Å². The Balaban J connectivity index is 2.76. The standard InChI is InChI=1S/C14H21BrN2O2/c1-8(2)13(16)14(18)17-9(3)10-5-6-12(19-4)11(15)7-10/h5-9,13H,16H2,1-4H3,(H,17,18)/t9?,13-/m0/s1. The van der Waals surface area contributed by atoms with Crippen LogP contribution in [0.25, 0.3) is 0 Å². The van der Waals surface area contributed by atoms with Crippen LogP contribution in [0.1, 0.15) is 32.4 Å². The van der Waals surface area contributed by atoms with Gasteiger partial charge in [-0.05, 0) is 46.5 Å². The number of rotatable bonds is 5. The molecule has 106 valence electrons. The Hall–Kier alpha value is -1.07. The highest BCUT2D eigenvalue weighted by molar-refractivity contribution is 9.10. The molecule has 2 atom stereocenters. The molecule has 4 nitrogen and oxygen atoms in total. The minimum absolute atomic E-state index is 0.0977. The fourth-order valence-electron chi connectivity index (χ4n) is 1.65. The van der Waals surface area contributed by atoms with Gasteiger partial charge in [0.15, 0.2) is 0 Å². The van der Waals surface area contributed by atoms with Gasteiger partial charge in [0.1, 0.15) is 5.75 Å². The quantitative estimate of drug-likeness (QED) is 0.873. The Bertz CT molecular complexity index is 449. The number of carbonyl (C=O) groups excluding carboxylic acids is 1. The maximum atomic E-state index is 11.9. The van der Waals surface area contributed by atoms with Gasteiger partial charge in [-0.1, -0.05) is 19.9 Å². The van der Waals surface area contributed by atoms with Gasteiger partial charge in [-0.25, -0.2) is 0 Å². The van der Waals surface area contributed by atoms with E-state index in [0.717, 1.165) is 15.8 Å². The lowest BCUT2D eigenvalue weighted by Gasteiger charge is -2.20. The first-order valence-corrected chi connectivity index (χ1v) is 7.05. The molecule has 0 bridgehead atoms. The molecule has 0 spiro atoms. The van der Waals surface area contributed by atoms with E-state index < -0.39 is 6.04 Å². The molecule has 0 radical (unpaired) electrons. The van der Waals surface area contributed by atoms with Crippen LogP contribution in [-0.4, -0.2) is 19.1 Å². The summed E-state index contributed by atoms with van der Waals surface area (Å²) in [5.41, 5.74) is 6.82. The summed E-state index contributed by atoms with van der Waals surface area (Å²) in [5, 5.41) is 2.92. The van der Waals surface area contributed by atoms with Crippen LogP contribution in [0.2, 0.25) is 0 Å². The van der Waals surface area contributed by atoms with Crippen molar-refractivity contribution in [3.63, 3.8) is 0 Å². The summed E-state index contributed by atoms with van der Waals surface area (Å²) in [6, 6.07) is 5.15. The average Bonchev–Trinajstić information content (AvgIpc) is 2.37. The Morgan fingerprint density at radius 2 is 2.00 bits per heavy atom. The Labute approximate surface area is 122 Å². The summed E-state index contributed by atoms with van der Waals surface area (Å²) in [6.07, 6.45) is 0. The van der Waals surface area contributed by atoms with E-state index in [0.29, 0.717) is 0 Å². The highest BCUT2D eigenvalue weighted by atomic mass is 79.9. The molecule has 0 aromatic heterocycles. The molecule has 0 aliphatic rings. The molecule has 0 aliphatic carbocycles. The smallest absolute Gasteiger partial charge is 0.237 e. The normalized spacial score (nSPS) is 14.1. The summed E-state index contributed by atoms with van der Waals surface area (Å²) >= 11 is 3.43. The molecule has 1 rings (SSSR count). The minimum Gasteiger partial charge on any atom is -0.496 e. The Kier molecular flexibility index (Phi) is 5.82. The Morgan fingerprint density at radius 1 is 1.37 bits per heavy atom. The van der Waals surface area contributed by atoms with Crippen LogP contribution in [-0.2, 0) is 4.79 Å². The molecular weight excluding hydrogens is 308 g/mol. The van der Waals surface area contributed by atoms with E-state index in [1.54, 1.807) is 7.11 Å². The maximum Gasteiger partial charge on any atom is 0.237 e. The number of halogens is 1. The summed E-state index contributed by atoms with van der Waals surface area (Å²) in [5.74, 6) is 0.755. The lowest BCUT2D eigenvalue weighted by atomic mass is 10.0. The number of nitrogens with two attached hydrogens (primary N) is 1. The highest BCUT2D eigenvalue weighted by Gasteiger charge is 2.19. The molecule has 0 heterocycles. The second kappa shape index (κ2) is 6.91. The lowest BCUT2D eigenvalue weighted by Crippen LogP contribution is -2.44. The molecule has 0 aliphatic heterocycles. The number of hydrogen-bond acceptors (Lipinski definition) is 3. The van der Waals surface area contributed by atoms with Gasteiger partial charge in [0.05, 0.1) is 23.7 Å². The molecule has 1 aromatic carbocycles. The third-order valence-corrected chi connectivity index (χ3v) is 3.68. The van der Waals surface area contributed by atoms with Crippen molar-refractivity contribution in [1.29, 1.82) is 0 Å². The van der Waals surface area contributed by atoms with Gasteiger partial charge in [0.2, 0.25) is 5.91 Å². The van der Waals surface area contributed by atoms with Crippen molar-refractivity contribution in [2.45, 2.75) is 32.9 Å². The van der Waals surface area contributed by atoms with Crippen molar-refractivity contribution in [2.24, 2.45) is 11.7 Å². The molecule has 1 amide bonds. The van der Waals surface area contributed by atoms with Gasteiger partial charge in [-0.2, -0.15) is 0 Å². The second-order valence-electron chi connectivity index (χ2n) is 4.89. The topological polar surface area (TPSA) is 64.3 Å². The van der Waals surface area contributed by atoms with E-state index in [1.165, 1.54) is 0 Å². The van der Waals surface area contributed by atoms with E-state index in [4.69, 9.17) is 10.5 Å². The first-order chi connectivity index (χ1) is 8.86. The number of amides is 1. The van der Waals surface area contributed by atoms with Crippen molar-refractivity contribution in [3.05, 3.63) is 28.2 Å². The van der Waals surface area contributed by atoms with Crippen LogP contribution in [0, 0.1) is 5.92 Å². The van der Waals surface area contributed by atoms with Gasteiger partial charge in [-0.15, -0.1) is 0 Å². The van der Waals surface area contributed by atoms with Gasteiger partial charge in [0, 0.05) is 0 Å². The maximum absolute atomic E-state index is 11.9. The van der Waals surface area contributed by atoms with Crippen molar-refractivity contribution in [2.75, 3.05) is 7.11 Å². The zero-order chi connectivity index (χ0) is 14.6. The van der Waals surface area contributed by atoms with Crippen LogP contribution < -0.4 is 15.8 Å². The summed E-state index contributed by atoms with van der Waals surface area (Å²) < 4.78 is 6.04. The number of benzene rings is 1. The van der Waals surface area contributed by atoms with Crippen molar-refractivity contribution in [3.8, 4) is 5.75 Å². The molecule has 0 fully saturated rings. The third-order valence-electron chi connectivity index (χ3n) is 3.06. The van der Waals surface area contributed by atoms with Crippen molar-refractivity contribution >= 4 is 21.8 Å². The number of carbonyl (C=O) groups is 1. The van der Waals surface area contributed by atoms with E-state index in [1.807, 2.05) is 39.0 Å². The summed E-state index contributed by atoms with van der Waals surface area (Å²) in [6.45, 7) is 5.79. The van der Waals surface area contributed by atoms with Crippen molar-refractivity contribution in [1.82, 2.24) is 5.32 Å². The second-order valence-corrected chi connectivity index (χ2v) is 5.75. The van der Waals surface area contributed by atoms with E-state index in [2.05, 4.69) is 21.2 Å². The van der Waals surface area contributed by atoms with Gasteiger partial charge >= 0.3 is 0 Å². The third kappa shape index (κ3) is 4.21. The first kappa shape index (κ1) is 16.0. The monoisotopic (exact) mass is 328 g/mol. The molecule has 1 aromatic rings. The Morgan fingerprint density at radius 3 is 2.47 bits per heavy atom. The van der Waals surface area contributed by atoms with Crippen LogP contribution in [0.4, 0.5) is 0 Å². The predicted octanol–water partition coefficient (Wildman–Crippen LogP) is 2.62. The molecule has 5 heteroatoms. The van der Waals surface area contributed by atoms with Crippen LogP contribution in [0.15, 0.2) is 22.7 Å². The number of methoxy groups -OCH3 is 1. The lowest BCUT2D eigenvalue weighted by molar-refractivity contribution is -0.123. The average molecular weight is 329 g/mol. The molecule has 1 unspecified atom stereocenters. The van der Waals surface area contributed by atoms with Gasteiger partial charge in [0.25, 0.3) is 0 Å². The molecule has 19 heavy (non-hydrogen) atoms. The fraction of sp³-hybridized carbons (Fsp3) is 0.500.